The van der Waals surface area contributed by atoms with E-state index >= 15 is 0 Å². The van der Waals surface area contributed by atoms with E-state index in [1.165, 1.54) is 11.8 Å². The fourth-order valence-electron chi connectivity index (χ4n) is 0.966. The van der Waals surface area contributed by atoms with Gasteiger partial charge in [-0.2, -0.15) is 0 Å². The maximum Gasteiger partial charge on any atom is 0.317 e. The fourth-order valence-corrected chi connectivity index (χ4v) is 3.04. The largest absolute Gasteiger partial charge is 0.480 e. The van der Waals surface area contributed by atoms with E-state index in [4.69, 9.17) is 5.11 Å². The Labute approximate surface area is 86.0 Å². The van der Waals surface area contributed by atoms with Crippen LogP contribution in [0, 0.1) is 0 Å². The number of carbonyl (C=O) groups is 1. The van der Waals surface area contributed by atoms with Gasteiger partial charge in [0.15, 0.2) is 0 Å². The second kappa shape index (κ2) is 5.29. The van der Waals surface area contributed by atoms with Crippen LogP contribution in [0.25, 0.3) is 0 Å². The normalized spacial score (nSPS) is 12.7. The van der Waals surface area contributed by atoms with Crippen LogP contribution < -0.4 is 0 Å². The number of carboxylic acids is 1. The monoisotopic (exact) mass is 216 g/mol. The van der Waals surface area contributed by atoms with Gasteiger partial charge in [0, 0.05) is 0 Å². The highest BCUT2D eigenvalue weighted by atomic mass is 32.2. The Bertz CT molecular complexity index is 257. The summed E-state index contributed by atoms with van der Waals surface area (Å²) >= 11 is 3.04. The number of hydrogen-bond acceptors (Lipinski definition) is 3. The first-order valence-corrected chi connectivity index (χ1v) is 5.93. The Morgan fingerprint density at radius 1 is 1.77 bits per heavy atom. The topological polar surface area (TPSA) is 37.3 Å². The first kappa shape index (κ1) is 10.6. The van der Waals surface area contributed by atoms with Crippen molar-refractivity contribution in [3.05, 3.63) is 17.5 Å². The van der Waals surface area contributed by atoms with Gasteiger partial charge in [0.1, 0.15) is 5.25 Å². The molecule has 0 bridgehead atoms. The van der Waals surface area contributed by atoms with Crippen LogP contribution in [0.15, 0.2) is 21.7 Å². The lowest BCUT2D eigenvalue weighted by atomic mass is 10.2. The molecule has 0 saturated carbocycles. The van der Waals surface area contributed by atoms with Crippen molar-refractivity contribution >= 4 is 29.1 Å². The third-order valence-electron chi connectivity index (χ3n) is 1.58. The van der Waals surface area contributed by atoms with Gasteiger partial charge in [0.25, 0.3) is 0 Å². The van der Waals surface area contributed by atoms with Crippen molar-refractivity contribution in [2.24, 2.45) is 0 Å². The van der Waals surface area contributed by atoms with Gasteiger partial charge in [-0.1, -0.05) is 19.4 Å². The number of hydrogen-bond donors (Lipinski definition) is 1. The van der Waals surface area contributed by atoms with Crippen LogP contribution in [-0.2, 0) is 4.79 Å². The fraction of sp³-hybridized carbons (Fsp3) is 0.444. The molecule has 1 rings (SSSR count). The van der Waals surface area contributed by atoms with Crippen LogP contribution in [0.5, 0.6) is 0 Å². The van der Waals surface area contributed by atoms with E-state index in [1.807, 2.05) is 24.4 Å². The van der Waals surface area contributed by atoms with Crippen LogP contribution >= 0.6 is 23.1 Å². The summed E-state index contributed by atoms with van der Waals surface area (Å²) in [7, 11) is 0. The summed E-state index contributed by atoms with van der Waals surface area (Å²) in [6.45, 7) is 2.00. The molecule has 0 aliphatic heterocycles. The molecular formula is C9H12O2S2. The summed E-state index contributed by atoms with van der Waals surface area (Å²) in [4.78, 5) is 10.8. The molecule has 1 unspecified atom stereocenters. The third-order valence-corrected chi connectivity index (χ3v) is 3.91. The van der Waals surface area contributed by atoms with Gasteiger partial charge >= 0.3 is 5.97 Å². The Balaban J connectivity index is 2.52. The van der Waals surface area contributed by atoms with Gasteiger partial charge < -0.3 is 5.11 Å². The maximum absolute atomic E-state index is 10.8. The second-order valence-electron chi connectivity index (χ2n) is 2.67. The zero-order chi connectivity index (χ0) is 9.68. The molecule has 0 amide bonds. The van der Waals surface area contributed by atoms with Crippen molar-refractivity contribution in [1.82, 2.24) is 0 Å². The molecule has 0 fully saturated rings. The van der Waals surface area contributed by atoms with Crippen LogP contribution in [0.4, 0.5) is 0 Å². The molecular weight excluding hydrogens is 204 g/mol. The number of thiophene rings is 1. The molecule has 13 heavy (non-hydrogen) atoms. The second-order valence-corrected chi connectivity index (χ2v) is 5.12. The molecule has 1 heterocycles. The number of thioether (sulfide) groups is 1. The standard InChI is InChI=1S/C9H12O2S2/c1-2-4-7(9(10)11)13-8-5-3-6-12-8/h3,5-7H,2,4H2,1H3,(H,10,11). The van der Waals surface area contributed by atoms with Crippen molar-refractivity contribution in [2.75, 3.05) is 0 Å². The van der Waals surface area contributed by atoms with E-state index in [9.17, 15) is 4.79 Å². The van der Waals surface area contributed by atoms with Crippen LogP contribution in [0.2, 0.25) is 0 Å². The van der Waals surface area contributed by atoms with Crippen molar-refractivity contribution in [3.8, 4) is 0 Å². The lowest BCUT2D eigenvalue weighted by Gasteiger charge is -2.08. The summed E-state index contributed by atoms with van der Waals surface area (Å²) in [5.74, 6) is -0.708. The van der Waals surface area contributed by atoms with E-state index in [-0.39, 0.29) is 5.25 Å². The number of carboxylic acid groups (broad SMARTS) is 1. The smallest absolute Gasteiger partial charge is 0.317 e. The number of rotatable bonds is 5. The summed E-state index contributed by atoms with van der Waals surface area (Å²) < 4.78 is 1.08. The summed E-state index contributed by atoms with van der Waals surface area (Å²) in [6.07, 6.45) is 1.65. The maximum atomic E-state index is 10.8. The molecule has 0 aromatic carbocycles. The molecule has 0 saturated heterocycles. The van der Waals surface area contributed by atoms with Gasteiger partial charge in [-0.05, 0) is 17.9 Å². The first-order chi connectivity index (χ1) is 6.24. The van der Waals surface area contributed by atoms with E-state index in [1.54, 1.807) is 11.3 Å². The first-order valence-electron chi connectivity index (χ1n) is 4.17. The van der Waals surface area contributed by atoms with Crippen LogP contribution in [0.3, 0.4) is 0 Å². The summed E-state index contributed by atoms with van der Waals surface area (Å²) in [6, 6.07) is 3.90. The van der Waals surface area contributed by atoms with Gasteiger partial charge in [-0.3, -0.25) is 4.79 Å². The molecule has 4 heteroatoms. The average molecular weight is 216 g/mol. The summed E-state index contributed by atoms with van der Waals surface area (Å²) in [5, 5.41) is 10.6. The lowest BCUT2D eigenvalue weighted by Crippen LogP contribution is -2.15. The molecule has 1 N–H and O–H groups in total. The van der Waals surface area contributed by atoms with Crippen LogP contribution in [-0.4, -0.2) is 16.3 Å². The molecule has 1 atom stereocenters. The molecule has 0 spiro atoms. The van der Waals surface area contributed by atoms with E-state index < -0.39 is 5.97 Å². The molecule has 72 valence electrons. The minimum Gasteiger partial charge on any atom is -0.480 e. The lowest BCUT2D eigenvalue weighted by molar-refractivity contribution is -0.136. The van der Waals surface area contributed by atoms with Gasteiger partial charge in [-0.25, -0.2) is 0 Å². The Morgan fingerprint density at radius 2 is 2.54 bits per heavy atom. The highest BCUT2D eigenvalue weighted by Gasteiger charge is 2.17. The molecule has 1 aromatic rings. The Hall–Kier alpha value is -0.480. The van der Waals surface area contributed by atoms with Crippen molar-refractivity contribution in [2.45, 2.75) is 29.2 Å². The SMILES string of the molecule is CCCC(Sc1cccs1)C(=O)O. The Morgan fingerprint density at radius 3 is 3.00 bits per heavy atom. The minimum atomic E-state index is -0.708. The highest BCUT2D eigenvalue weighted by molar-refractivity contribution is 8.02. The molecule has 2 nitrogen and oxygen atoms in total. The minimum absolute atomic E-state index is 0.288. The van der Waals surface area contributed by atoms with Crippen molar-refractivity contribution < 1.29 is 9.90 Å². The average Bonchev–Trinajstić information content (AvgIpc) is 2.56. The quantitative estimate of drug-likeness (QED) is 0.768. The molecule has 1 aromatic heterocycles. The third kappa shape index (κ3) is 3.40. The molecule has 0 radical (unpaired) electrons. The number of aliphatic carboxylic acids is 1. The summed E-state index contributed by atoms with van der Waals surface area (Å²) in [5.41, 5.74) is 0. The zero-order valence-electron chi connectivity index (χ0n) is 7.40. The predicted octanol–water partition coefficient (Wildman–Crippen LogP) is 3.09. The molecule has 0 aliphatic carbocycles. The van der Waals surface area contributed by atoms with E-state index in [0.29, 0.717) is 0 Å². The van der Waals surface area contributed by atoms with Gasteiger partial charge in [0.05, 0.1) is 4.21 Å². The molecule has 0 aliphatic rings. The van der Waals surface area contributed by atoms with Gasteiger partial charge in [0.2, 0.25) is 0 Å². The highest BCUT2D eigenvalue weighted by Crippen LogP contribution is 2.29. The zero-order valence-corrected chi connectivity index (χ0v) is 9.03. The van der Waals surface area contributed by atoms with Crippen LogP contribution in [0.1, 0.15) is 19.8 Å². The predicted molar refractivity (Wildman–Crippen MR) is 56.5 cm³/mol. The van der Waals surface area contributed by atoms with E-state index in [2.05, 4.69) is 0 Å². The van der Waals surface area contributed by atoms with Crippen molar-refractivity contribution in [3.63, 3.8) is 0 Å². The van der Waals surface area contributed by atoms with E-state index in [0.717, 1.165) is 17.1 Å². The Kier molecular flexibility index (Phi) is 4.32. The van der Waals surface area contributed by atoms with Gasteiger partial charge in [-0.15, -0.1) is 23.1 Å². The van der Waals surface area contributed by atoms with Crippen molar-refractivity contribution in [1.29, 1.82) is 0 Å².